The van der Waals surface area contributed by atoms with E-state index in [2.05, 4.69) is 42.4 Å². The summed E-state index contributed by atoms with van der Waals surface area (Å²) >= 11 is 0. The molecule has 1 saturated heterocycles. The van der Waals surface area contributed by atoms with Gasteiger partial charge < -0.3 is 10.1 Å². The Balaban J connectivity index is 1.83. The molecular formula is C14H20N2O. The zero-order chi connectivity index (χ0) is 11.9. The molecular weight excluding hydrogens is 212 g/mol. The highest BCUT2D eigenvalue weighted by Crippen LogP contribution is 2.34. The smallest absolute Gasteiger partial charge is 0.131 e. The van der Waals surface area contributed by atoms with E-state index in [4.69, 9.17) is 4.74 Å². The quantitative estimate of drug-likeness (QED) is 0.845. The zero-order valence-electron chi connectivity index (χ0n) is 10.6. The minimum absolute atomic E-state index is 0.00131. The van der Waals surface area contributed by atoms with Gasteiger partial charge in [-0.2, -0.15) is 0 Å². The summed E-state index contributed by atoms with van der Waals surface area (Å²) < 4.78 is 6.22. The van der Waals surface area contributed by atoms with E-state index in [-0.39, 0.29) is 5.60 Å². The third-order valence-electron chi connectivity index (χ3n) is 3.62. The average molecular weight is 232 g/mol. The SMILES string of the molecule is CN1CC(C)(Oc2cccc3c2CCCN3)C1. The fourth-order valence-corrected chi connectivity index (χ4v) is 3.00. The monoisotopic (exact) mass is 232 g/mol. The number of nitrogens with zero attached hydrogens (tertiary/aromatic N) is 1. The van der Waals surface area contributed by atoms with Gasteiger partial charge in [0, 0.05) is 30.9 Å². The standard InChI is InChI=1S/C14H20N2O/c1-14(9-16(2)10-14)17-13-7-3-6-12-11(13)5-4-8-15-12/h3,6-7,15H,4-5,8-10H2,1-2H3. The number of likely N-dealkylation sites (tertiary alicyclic amines) is 1. The van der Waals surface area contributed by atoms with Crippen molar-refractivity contribution in [1.29, 1.82) is 0 Å². The van der Waals surface area contributed by atoms with Crippen molar-refractivity contribution in [2.45, 2.75) is 25.4 Å². The number of nitrogens with one attached hydrogen (secondary N) is 1. The molecule has 92 valence electrons. The van der Waals surface area contributed by atoms with Gasteiger partial charge in [-0.05, 0) is 38.9 Å². The summed E-state index contributed by atoms with van der Waals surface area (Å²) in [6.07, 6.45) is 2.33. The lowest BCUT2D eigenvalue weighted by Gasteiger charge is -2.46. The van der Waals surface area contributed by atoms with Gasteiger partial charge in [0.25, 0.3) is 0 Å². The molecule has 0 unspecified atom stereocenters. The van der Waals surface area contributed by atoms with E-state index in [0.29, 0.717) is 0 Å². The molecule has 0 bridgehead atoms. The predicted molar refractivity (Wildman–Crippen MR) is 69.8 cm³/mol. The lowest BCUT2D eigenvalue weighted by Crippen LogP contribution is -2.61. The Morgan fingerprint density at radius 2 is 2.18 bits per heavy atom. The number of ether oxygens (including phenoxy) is 1. The van der Waals surface area contributed by atoms with Gasteiger partial charge in [-0.3, -0.25) is 4.90 Å². The van der Waals surface area contributed by atoms with Crippen LogP contribution < -0.4 is 10.1 Å². The molecule has 1 N–H and O–H groups in total. The Morgan fingerprint density at radius 1 is 1.35 bits per heavy atom. The number of hydrogen-bond acceptors (Lipinski definition) is 3. The highest BCUT2D eigenvalue weighted by Gasteiger charge is 2.39. The molecule has 0 radical (unpaired) electrons. The molecule has 0 spiro atoms. The van der Waals surface area contributed by atoms with Crippen LogP contribution in [0.4, 0.5) is 5.69 Å². The van der Waals surface area contributed by atoms with E-state index in [1.54, 1.807) is 0 Å². The summed E-state index contributed by atoms with van der Waals surface area (Å²) in [7, 11) is 2.13. The van der Waals surface area contributed by atoms with Crippen molar-refractivity contribution in [3.63, 3.8) is 0 Å². The van der Waals surface area contributed by atoms with E-state index in [1.807, 2.05) is 0 Å². The summed E-state index contributed by atoms with van der Waals surface area (Å²) in [5, 5.41) is 3.44. The number of anilines is 1. The molecule has 0 amide bonds. The molecule has 1 aromatic rings. The van der Waals surface area contributed by atoms with Crippen LogP contribution in [0.2, 0.25) is 0 Å². The van der Waals surface area contributed by atoms with Crippen LogP contribution in [0.1, 0.15) is 18.9 Å². The van der Waals surface area contributed by atoms with Gasteiger partial charge in [-0.25, -0.2) is 0 Å². The molecule has 3 heteroatoms. The third kappa shape index (κ3) is 2.00. The Kier molecular flexibility index (Phi) is 2.51. The van der Waals surface area contributed by atoms with Crippen molar-refractivity contribution in [2.24, 2.45) is 0 Å². The van der Waals surface area contributed by atoms with E-state index in [0.717, 1.165) is 31.8 Å². The molecule has 1 fully saturated rings. The minimum atomic E-state index is 0.00131. The minimum Gasteiger partial charge on any atom is -0.485 e. The number of rotatable bonds is 2. The summed E-state index contributed by atoms with van der Waals surface area (Å²) in [6, 6.07) is 6.34. The van der Waals surface area contributed by atoms with Crippen LogP contribution in [-0.4, -0.2) is 37.2 Å². The molecule has 1 aromatic carbocycles. The van der Waals surface area contributed by atoms with Gasteiger partial charge in [-0.15, -0.1) is 0 Å². The van der Waals surface area contributed by atoms with Gasteiger partial charge >= 0.3 is 0 Å². The average Bonchev–Trinajstić information content (AvgIpc) is 2.28. The van der Waals surface area contributed by atoms with E-state index in [9.17, 15) is 0 Å². The maximum absolute atomic E-state index is 6.22. The highest BCUT2D eigenvalue weighted by molar-refractivity contribution is 5.59. The van der Waals surface area contributed by atoms with Crippen LogP contribution in [-0.2, 0) is 6.42 Å². The molecule has 3 nitrogen and oxygen atoms in total. The molecule has 2 heterocycles. The second kappa shape index (κ2) is 3.91. The van der Waals surface area contributed by atoms with E-state index < -0.39 is 0 Å². The lowest BCUT2D eigenvalue weighted by atomic mass is 9.96. The van der Waals surface area contributed by atoms with E-state index in [1.165, 1.54) is 17.7 Å². The summed E-state index contributed by atoms with van der Waals surface area (Å²) in [5.74, 6) is 1.07. The van der Waals surface area contributed by atoms with Crippen LogP contribution in [0.25, 0.3) is 0 Å². The fourth-order valence-electron chi connectivity index (χ4n) is 3.00. The first-order chi connectivity index (χ1) is 8.16. The van der Waals surface area contributed by atoms with Gasteiger partial charge in [0.05, 0.1) is 0 Å². The Bertz CT molecular complexity index is 424. The highest BCUT2D eigenvalue weighted by atomic mass is 16.5. The van der Waals surface area contributed by atoms with Gasteiger partial charge in [0.1, 0.15) is 11.4 Å². The van der Waals surface area contributed by atoms with Gasteiger partial charge in [0.15, 0.2) is 0 Å². The Hall–Kier alpha value is -1.22. The predicted octanol–water partition coefficient (Wildman–Crippen LogP) is 2.13. The maximum atomic E-state index is 6.22. The first-order valence-corrected chi connectivity index (χ1v) is 6.40. The van der Waals surface area contributed by atoms with Crippen molar-refractivity contribution >= 4 is 5.69 Å². The first-order valence-electron chi connectivity index (χ1n) is 6.40. The molecule has 0 atom stereocenters. The van der Waals surface area contributed by atoms with Crippen LogP contribution in [0.3, 0.4) is 0 Å². The second-order valence-electron chi connectivity index (χ2n) is 5.54. The van der Waals surface area contributed by atoms with Crippen molar-refractivity contribution in [2.75, 3.05) is 32.0 Å². The molecule has 0 aliphatic carbocycles. The van der Waals surface area contributed by atoms with Crippen LogP contribution in [0.5, 0.6) is 5.75 Å². The summed E-state index contributed by atoms with van der Waals surface area (Å²) in [4.78, 5) is 2.29. The second-order valence-corrected chi connectivity index (χ2v) is 5.54. The number of hydrogen-bond donors (Lipinski definition) is 1. The van der Waals surface area contributed by atoms with Crippen LogP contribution in [0, 0.1) is 0 Å². The topological polar surface area (TPSA) is 24.5 Å². The van der Waals surface area contributed by atoms with Crippen molar-refractivity contribution in [3.05, 3.63) is 23.8 Å². The number of benzene rings is 1. The normalized spacial score (nSPS) is 22.2. The van der Waals surface area contributed by atoms with Gasteiger partial charge in [-0.1, -0.05) is 6.07 Å². The van der Waals surface area contributed by atoms with Gasteiger partial charge in [0.2, 0.25) is 0 Å². The molecule has 2 aliphatic heterocycles. The summed E-state index contributed by atoms with van der Waals surface area (Å²) in [5.41, 5.74) is 2.61. The van der Waals surface area contributed by atoms with E-state index >= 15 is 0 Å². The molecule has 0 saturated carbocycles. The van der Waals surface area contributed by atoms with Crippen molar-refractivity contribution in [1.82, 2.24) is 4.90 Å². The number of fused-ring (bicyclic) bond motifs is 1. The van der Waals surface area contributed by atoms with Crippen molar-refractivity contribution < 1.29 is 4.74 Å². The maximum Gasteiger partial charge on any atom is 0.131 e. The van der Waals surface area contributed by atoms with Crippen LogP contribution in [0.15, 0.2) is 18.2 Å². The largest absolute Gasteiger partial charge is 0.485 e. The molecule has 2 aliphatic rings. The molecule has 0 aromatic heterocycles. The van der Waals surface area contributed by atoms with Crippen molar-refractivity contribution in [3.8, 4) is 5.75 Å². The Morgan fingerprint density at radius 3 is 2.94 bits per heavy atom. The lowest BCUT2D eigenvalue weighted by molar-refractivity contribution is -0.0501. The van der Waals surface area contributed by atoms with Crippen LogP contribution >= 0.6 is 0 Å². The molecule has 3 rings (SSSR count). The number of likely N-dealkylation sites (N-methyl/N-ethyl adjacent to an activating group) is 1. The summed E-state index contributed by atoms with van der Waals surface area (Å²) in [6.45, 7) is 5.31. The zero-order valence-corrected chi connectivity index (χ0v) is 10.6. The third-order valence-corrected chi connectivity index (χ3v) is 3.62. The molecule has 17 heavy (non-hydrogen) atoms. The fraction of sp³-hybridized carbons (Fsp3) is 0.571. The first kappa shape index (κ1) is 10.9. The Labute approximate surface area is 103 Å².